The van der Waals surface area contributed by atoms with Crippen LogP contribution >= 0.6 is 0 Å². The highest BCUT2D eigenvalue weighted by atomic mass is 32.2. The van der Waals surface area contributed by atoms with Crippen LogP contribution in [0.3, 0.4) is 0 Å². The first-order valence-corrected chi connectivity index (χ1v) is 8.92. The number of piperidine rings is 1. The second-order valence-electron chi connectivity index (χ2n) is 5.78. The number of hydrogen-bond acceptors (Lipinski definition) is 3. The SMILES string of the molecule is O=C(O)CCc1ccc(S(=O)(=O)N2CCCC(C(F)(F)F)C2)cc1. The Morgan fingerprint density at radius 1 is 1.25 bits per heavy atom. The van der Waals surface area contributed by atoms with Crippen LogP contribution < -0.4 is 0 Å². The molecule has 2 rings (SSSR count). The van der Waals surface area contributed by atoms with Gasteiger partial charge in [-0.15, -0.1) is 0 Å². The van der Waals surface area contributed by atoms with Gasteiger partial charge in [-0.3, -0.25) is 4.79 Å². The van der Waals surface area contributed by atoms with Crippen molar-refractivity contribution in [2.75, 3.05) is 13.1 Å². The summed E-state index contributed by atoms with van der Waals surface area (Å²) in [6.07, 6.45) is -4.13. The van der Waals surface area contributed by atoms with Crippen molar-refractivity contribution < 1.29 is 31.5 Å². The van der Waals surface area contributed by atoms with Gasteiger partial charge in [0, 0.05) is 19.5 Å². The fourth-order valence-corrected chi connectivity index (χ4v) is 4.18. The zero-order chi connectivity index (χ0) is 18.0. The van der Waals surface area contributed by atoms with E-state index in [2.05, 4.69) is 0 Å². The Labute approximate surface area is 138 Å². The van der Waals surface area contributed by atoms with Crippen molar-refractivity contribution in [3.63, 3.8) is 0 Å². The van der Waals surface area contributed by atoms with Gasteiger partial charge in [-0.1, -0.05) is 12.1 Å². The molecule has 134 valence electrons. The molecule has 0 radical (unpaired) electrons. The van der Waals surface area contributed by atoms with Crippen molar-refractivity contribution in [1.29, 1.82) is 0 Å². The fourth-order valence-electron chi connectivity index (χ4n) is 2.66. The Morgan fingerprint density at radius 2 is 1.88 bits per heavy atom. The van der Waals surface area contributed by atoms with Gasteiger partial charge in [0.1, 0.15) is 0 Å². The van der Waals surface area contributed by atoms with Gasteiger partial charge in [0.05, 0.1) is 10.8 Å². The Hall–Kier alpha value is -1.61. The first kappa shape index (κ1) is 18.7. The molecule has 1 aromatic rings. The predicted molar refractivity (Wildman–Crippen MR) is 79.9 cm³/mol. The molecule has 24 heavy (non-hydrogen) atoms. The molecule has 1 saturated heterocycles. The average molecular weight is 365 g/mol. The number of rotatable bonds is 5. The highest BCUT2D eigenvalue weighted by Gasteiger charge is 2.44. The number of nitrogens with zero attached hydrogens (tertiary/aromatic N) is 1. The van der Waals surface area contributed by atoms with Gasteiger partial charge in [-0.25, -0.2) is 8.42 Å². The van der Waals surface area contributed by atoms with Crippen molar-refractivity contribution in [3.8, 4) is 0 Å². The first-order chi connectivity index (χ1) is 11.1. The topological polar surface area (TPSA) is 74.7 Å². The lowest BCUT2D eigenvalue weighted by Gasteiger charge is -2.32. The molecule has 1 aromatic carbocycles. The van der Waals surface area contributed by atoms with E-state index in [1.54, 1.807) is 0 Å². The van der Waals surface area contributed by atoms with E-state index in [1.807, 2.05) is 0 Å². The van der Waals surface area contributed by atoms with Crippen LogP contribution in [-0.4, -0.2) is 43.1 Å². The Kier molecular flexibility index (Phi) is 5.54. The van der Waals surface area contributed by atoms with Gasteiger partial charge >= 0.3 is 12.1 Å². The monoisotopic (exact) mass is 365 g/mol. The van der Waals surface area contributed by atoms with Crippen LogP contribution in [0.2, 0.25) is 0 Å². The molecule has 1 atom stereocenters. The molecule has 0 aromatic heterocycles. The molecule has 0 aliphatic carbocycles. The molecule has 0 bridgehead atoms. The number of aliphatic carboxylic acids is 1. The van der Waals surface area contributed by atoms with E-state index in [9.17, 15) is 26.4 Å². The molecule has 9 heteroatoms. The zero-order valence-electron chi connectivity index (χ0n) is 12.8. The van der Waals surface area contributed by atoms with Crippen LogP contribution in [0.5, 0.6) is 0 Å². The summed E-state index contributed by atoms with van der Waals surface area (Å²) in [5.74, 6) is -2.60. The number of halogens is 3. The molecular weight excluding hydrogens is 347 g/mol. The van der Waals surface area contributed by atoms with Crippen LogP contribution in [0.1, 0.15) is 24.8 Å². The lowest BCUT2D eigenvalue weighted by Crippen LogP contribution is -2.44. The van der Waals surface area contributed by atoms with Gasteiger partial charge in [0.15, 0.2) is 0 Å². The van der Waals surface area contributed by atoms with E-state index in [-0.39, 0.29) is 37.1 Å². The smallest absolute Gasteiger partial charge is 0.393 e. The van der Waals surface area contributed by atoms with Crippen molar-refractivity contribution in [3.05, 3.63) is 29.8 Å². The van der Waals surface area contributed by atoms with Crippen LogP contribution in [-0.2, 0) is 21.2 Å². The Balaban J connectivity index is 2.13. The largest absolute Gasteiger partial charge is 0.481 e. The van der Waals surface area contributed by atoms with Crippen molar-refractivity contribution in [1.82, 2.24) is 4.31 Å². The van der Waals surface area contributed by atoms with Crippen LogP contribution in [0.25, 0.3) is 0 Å². The summed E-state index contributed by atoms with van der Waals surface area (Å²) in [5, 5.41) is 8.62. The minimum Gasteiger partial charge on any atom is -0.481 e. The zero-order valence-corrected chi connectivity index (χ0v) is 13.6. The minimum absolute atomic E-state index is 0.0652. The van der Waals surface area contributed by atoms with Crippen molar-refractivity contribution >= 4 is 16.0 Å². The summed E-state index contributed by atoms with van der Waals surface area (Å²) in [4.78, 5) is 10.4. The lowest BCUT2D eigenvalue weighted by atomic mass is 9.99. The maximum absolute atomic E-state index is 12.8. The summed E-state index contributed by atoms with van der Waals surface area (Å²) < 4.78 is 64.4. The standard InChI is InChI=1S/C15H18F3NO4S/c16-15(17,18)12-2-1-9-19(10-12)24(22,23)13-6-3-11(4-7-13)5-8-14(20)21/h3-4,6-7,12H,1-2,5,8-10H2,(H,20,21). The van der Waals surface area contributed by atoms with E-state index in [1.165, 1.54) is 24.3 Å². The van der Waals surface area contributed by atoms with Crippen molar-refractivity contribution in [2.45, 2.75) is 36.8 Å². The lowest BCUT2D eigenvalue weighted by molar-refractivity contribution is -0.182. The highest BCUT2D eigenvalue weighted by molar-refractivity contribution is 7.89. The third kappa shape index (κ3) is 4.47. The molecule has 5 nitrogen and oxygen atoms in total. The van der Waals surface area contributed by atoms with Crippen LogP contribution in [0.15, 0.2) is 29.2 Å². The molecule has 1 aliphatic rings. The van der Waals surface area contributed by atoms with Gasteiger partial charge in [-0.2, -0.15) is 17.5 Å². The van der Waals surface area contributed by atoms with Crippen molar-refractivity contribution in [2.24, 2.45) is 5.92 Å². The highest BCUT2D eigenvalue weighted by Crippen LogP contribution is 2.34. The second-order valence-corrected chi connectivity index (χ2v) is 7.72. The number of sulfonamides is 1. The molecule has 1 unspecified atom stereocenters. The van der Waals surface area contributed by atoms with E-state index >= 15 is 0 Å². The number of hydrogen-bond donors (Lipinski definition) is 1. The molecule has 1 heterocycles. The van der Waals surface area contributed by atoms with Gasteiger partial charge in [-0.05, 0) is 37.0 Å². The normalized spacial score (nSPS) is 20.0. The Morgan fingerprint density at radius 3 is 2.42 bits per heavy atom. The molecule has 0 saturated carbocycles. The summed E-state index contributed by atoms with van der Waals surface area (Å²) in [5.41, 5.74) is 0.656. The number of alkyl halides is 3. The summed E-state index contributed by atoms with van der Waals surface area (Å²) in [7, 11) is -3.99. The van der Waals surface area contributed by atoms with Gasteiger partial charge in [0.2, 0.25) is 10.0 Å². The molecule has 1 fully saturated rings. The second kappa shape index (κ2) is 7.10. The number of benzene rings is 1. The number of aryl methyl sites for hydroxylation is 1. The van der Waals surface area contributed by atoms with E-state index in [0.29, 0.717) is 5.56 Å². The van der Waals surface area contributed by atoms with E-state index in [0.717, 1.165) is 4.31 Å². The van der Waals surface area contributed by atoms with E-state index < -0.39 is 34.6 Å². The third-order valence-electron chi connectivity index (χ3n) is 4.04. The molecule has 1 N–H and O–H groups in total. The average Bonchev–Trinajstić information content (AvgIpc) is 2.52. The molecule has 0 spiro atoms. The summed E-state index contributed by atoms with van der Waals surface area (Å²) >= 11 is 0. The van der Waals surface area contributed by atoms with Crippen LogP contribution in [0, 0.1) is 5.92 Å². The summed E-state index contributed by atoms with van der Waals surface area (Å²) in [6, 6.07) is 5.59. The van der Waals surface area contributed by atoms with Crippen LogP contribution in [0.4, 0.5) is 13.2 Å². The Bertz CT molecular complexity index is 686. The maximum atomic E-state index is 12.8. The number of carboxylic acids is 1. The van der Waals surface area contributed by atoms with Gasteiger partial charge in [0.25, 0.3) is 0 Å². The minimum atomic E-state index is -4.41. The quantitative estimate of drug-likeness (QED) is 0.871. The fraction of sp³-hybridized carbons (Fsp3) is 0.533. The predicted octanol–water partition coefficient (Wildman–Crippen LogP) is 2.67. The maximum Gasteiger partial charge on any atom is 0.393 e. The van der Waals surface area contributed by atoms with E-state index in [4.69, 9.17) is 5.11 Å². The number of carbonyl (C=O) groups is 1. The number of carboxylic acid groups (broad SMARTS) is 1. The summed E-state index contributed by atoms with van der Waals surface area (Å²) in [6.45, 7) is -0.498. The van der Waals surface area contributed by atoms with Gasteiger partial charge < -0.3 is 5.11 Å². The molecular formula is C15H18F3NO4S. The third-order valence-corrected chi connectivity index (χ3v) is 5.92. The molecule has 0 amide bonds. The first-order valence-electron chi connectivity index (χ1n) is 7.48. The molecule has 1 aliphatic heterocycles.